The highest BCUT2D eigenvalue weighted by Crippen LogP contribution is 2.52. The van der Waals surface area contributed by atoms with Crippen LogP contribution in [0.25, 0.3) is 0 Å². The van der Waals surface area contributed by atoms with Crippen LogP contribution in [0.5, 0.6) is 0 Å². The van der Waals surface area contributed by atoms with Gasteiger partial charge in [-0.3, -0.25) is 4.79 Å². The van der Waals surface area contributed by atoms with Crippen molar-refractivity contribution in [1.29, 1.82) is 0 Å². The van der Waals surface area contributed by atoms with Crippen LogP contribution in [-0.2, 0) is 11.3 Å². The molecule has 1 atom stereocenters. The van der Waals surface area contributed by atoms with Gasteiger partial charge in [0.25, 0.3) is 0 Å². The molecule has 0 N–H and O–H groups in total. The molecule has 156 valence electrons. The zero-order chi connectivity index (χ0) is 20.3. The lowest BCUT2D eigenvalue weighted by Crippen LogP contribution is -2.37. The van der Waals surface area contributed by atoms with Crippen LogP contribution in [0.15, 0.2) is 36.7 Å². The van der Waals surface area contributed by atoms with Crippen LogP contribution in [-0.4, -0.2) is 38.7 Å². The van der Waals surface area contributed by atoms with E-state index in [4.69, 9.17) is 0 Å². The summed E-state index contributed by atoms with van der Waals surface area (Å²) in [7, 11) is 0. The standard InChI is InChI=1S/C24H34N4O/c1-3-20(4-2)23(29)27-16-21(24(17-27)13-9-6-10-14-24)22-26-25-18-28(22)15-19-11-7-5-8-12-19/h5,7-8,11-12,18,20-21H,3-4,6,9-10,13-17H2,1-2H3. The maximum atomic E-state index is 13.2. The Hall–Kier alpha value is -2.17. The second kappa shape index (κ2) is 8.68. The zero-order valence-electron chi connectivity index (χ0n) is 17.9. The summed E-state index contributed by atoms with van der Waals surface area (Å²) in [6, 6.07) is 10.5. The molecule has 0 radical (unpaired) electrons. The monoisotopic (exact) mass is 394 g/mol. The largest absolute Gasteiger partial charge is 0.341 e. The molecule has 1 aromatic carbocycles. The van der Waals surface area contributed by atoms with Gasteiger partial charge in [-0.15, -0.1) is 10.2 Å². The number of carbonyl (C=O) groups excluding carboxylic acids is 1. The van der Waals surface area contributed by atoms with E-state index in [9.17, 15) is 4.79 Å². The second-order valence-corrected chi connectivity index (χ2v) is 9.01. The molecule has 1 spiro atoms. The van der Waals surface area contributed by atoms with E-state index in [1.807, 2.05) is 12.4 Å². The lowest BCUT2D eigenvalue weighted by Gasteiger charge is -2.37. The Morgan fingerprint density at radius 2 is 1.86 bits per heavy atom. The molecule has 1 aliphatic heterocycles. The van der Waals surface area contributed by atoms with E-state index in [-0.39, 0.29) is 17.3 Å². The molecule has 1 saturated heterocycles. The average Bonchev–Trinajstić information content (AvgIpc) is 3.34. The predicted molar refractivity (Wildman–Crippen MR) is 114 cm³/mol. The minimum Gasteiger partial charge on any atom is -0.341 e. The van der Waals surface area contributed by atoms with Crippen molar-refractivity contribution in [2.75, 3.05) is 13.1 Å². The first kappa shape index (κ1) is 20.1. The van der Waals surface area contributed by atoms with Gasteiger partial charge in [-0.25, -0.2) is 0 Å². The summed E-state index contributed by atoms with van der Waals surface area (Å²) in [5, 5.41) is 8.89. The third kappa shape index (κ3) is 3.96. The quantitative estimate of drug-likeness (QED) is 0.717. The topological polar surface area (TPSA) is 51.0 Å². The fraction of sp³-hybridized carbons (Fsp3) is 0.625. The summed E-state index contributed by atoms with van der Waals surface area (Å²) >= 11 is 0. The molecule has 2 aromatic rings. The molecule has 29 heavy (non-hydrogen) atoms. The molecule has 5 nitrogen and oxygen atoms in total. The van der Waals surface area contributed by atoms with Gasteiger partial charge in [0.2, 0.25) is 5.91 Å². The molecular weight excluding hydrogens is 360 g/mol. The van der Waals surface area contributed by atoms with Gasteiger partial charge in [-0.2, -0.15) is 0 Å². The summed E-state index contributed by atoms with van der Waals surface area (Å²) in [4.78, 5) is 15.4. The first-order chi connectivity index (χ1) is 14.2. The first-order valence-corrected chi connectivity index (χ1v) is 11.4. The van der Waals surface area contributed by atoms with Gasteiger partial charge in [-0.05, 0) is 36.7 Å². The summed E-state index contributed by atoms with van der Waals surface area (Å²) < 4.78 is 2.21. The fourth-order valence-corrected chi connectivity index (χ4v) is 5.59. The van der Waals surface area contributed by atoms with Crippen molar-refractivity contribution < 1.29 is 4.79 Å². The maximum Gasteiger partial charge on any atom is 0.225 e. The molecule has 2 fully saturated rings. The minimum absolute atomic E-state index is 0.150. The molecule has 4 rings (SSSR count). The Morgan fingerprint density at radius 1 is 1.14 bits per heavy atom. The number of carbonyl (C=O) groups is 1. The molecule has 2 aliphatic rings. The SMILES string of the molecule is CCC(CC)C(=O)N1CC(c2nncn2Cc2ccccc2)C2(CCCCC2)C1. The summed E-state index contributed by atoms with van der Waals surface area (Å²) in [5.74, 6) is 1.84. The van der Waals surface area contributed by atoms with Crippen molar-refractivity contribution >= 4 is 5.91 Å². The van der Waals surface area contributed by atoms with E-state index in [0.717, 1.165) is 38.3 Å². The fourth-order valence-electron chi connectivity index (χ4n) is 5.59. The third-order valence-electron chi connectivity index (χ3n) is 7.30. The molecule has 1 amide bonds. The van der Waals surface area contributed by atoms with Crippen LogP contribution < -0.4 is 0 Å². The number of benzene rings is 1. The molecule has 5 heteroatoms. The third-order valence-corrected chi connectivity index (χ3v) is 7.30. The number of rotatable bonds is 6. The Morgan fingerprint density at radius 3 is 2.55 bits per heavy atom. The number of hydrogen-bond acceptors (Lipinski definition) is 3. The molecular formula is C24H34N4O. The van der Waals surface area contributed by atoms with Gasteiger partial charge in [0, 0.05) is 24.9 Å². The molecule has 1 unspecified atom stereocenters. The van der Waals surface area contributed by atoms with Gasteiger partial charge in [0.15, 0.2) is 0 Å². The minimum atomic E-state index is 0.150. The highest BCUT2D eigenvalue weighted by atomic mass is 16.2. The zero-order valence-corrected chi connectivity index (χ0v) is 17.9. The van der Waals surface area contributed by atoms with E-state index in [0.29, 0.717) is 5.91 Å². The van der Waals surface area contributed by atoms with Crippen LogP contribution in [0.2, 0.25) is 0 Å². The van der Waals surface area contributed by atoms with Crippen molar-refractivity contribution in [3.63, 3.8) is 0 Å². The highest BCUT2D eigenvalue weighted by Gasteiger charge is 2.51. The van der Waals surface area contributed by atoms with Gasteiger partial charge in [0.1, 0.15) is 12.2 Å². The molecule has 2 heterocycles. The molecule has 1 saturated carbocycles. The van der Waals surface area contributed by atoms with E-state index in [1.54, 1.807) is 0 Å². The first-order valence-electron chi connectivity index (χ1n) is 11.4. The lowest BCUT2D eigenvalue weighted by atomic mass is 9.67. The number of hydrogen-bond donors (Lipinski definition) is 0. The van der Waals surface area contributed by atoms with Crippen LogP contribution in [0.1, 0.15) is 76.1 Å². The van der Waals surface area contributed by atoms with Crippen molar-refractivity contribution in [2.24, 2.45) is 11.3 Å². The summed E-state index contributed by atoms with van der Waals surface area (Å²) in [6.07, 6.45) is 9.94. The smallest absolute Gasteiger partial charge is 0.225 e. The summed E-state index contributed by atoms with van der Waals surface area (Å²) in [5.41, 5.74) is 1.43. The molecule has 1 aromatic heterocycles. The molecule has 0 bridgehead atoms. The van der Waals surface area contributed by atoms with E-state index < -0.39 is 0 Å². The Labute approximate surface area is 174 Å². The number of amides is 1. The van der Waals surface area contributed by atoms with Crippen LogP contribution in [0.3, 0.4) is 0 Å². The van der Waals surface area contributed by atoms with E-state index in [1.165, 1.54) is 37.7 Å². The Bertz CT molecular complexity index is 805. The Kier molecular flexibility index (Phi) is 6.02. The lowest BCUT2D eigenvalue weighted by molar-refractivity contribution is -0.135. The number of aromatic nitrogens is 3. The number of nitrogens with zero attached hydrogens (tertiary/aromatic N) is 4. The predicted octanol–water partition coefficient (Wildman–Crippen LogP) is 4.64. The summed E-state index contributed by atoms with van der Waals surface area (Å²) in [6.45, 7) is 6.74. The van der Waals surface area contributed by atoms with Crippen molar-refractivity contribution in [2.45, 2.75) is 71.3 Å². The van der Waals surface area contributed by atoms with E-state index >= 15 is 0 Å². The number of likely N-dealkylation sites (tertiary alicyclic amines) is 1. The van der Waals surface area contributed by atoms with Crippen LogP contribution >= 0.6 is 0 Å². The van der Waals surface area contributed by atoms with Crippen LogP contribution in [0, 0.1) is 11.3 Å². The normalized spacial score (nSPS) is 21.2. The molecule has 1 aliphatic carbocycles. The van der Waals surface area contributed by atoms with Crippen LogP contribution in [0.4, 0.5) is 0 Å². The van der Waals surface area contributed by atoms with Gasteiger partial charge < -0.3 is 9.47 Å². The van der Waals surface area contributed by atoms with Gasteiger partial charge in [0.05, 0.1) is 6.54 Å². The van der Waals surface area contributed by atoms with Crippen molar-refractivity contribution in [3.8, 4) is 0 Å². The van der Waals surface area contributed by atoms with Crippen molar-refractivity contribution in [1.82, 2.24) is 19.7 Å². The highest BCUT2D eigenvalue weighted by molar-refractivity contribution is 5.79. The second-order valence-electron chi connectivity index (χ2n) is 9.01. The Balaban J connectivity index is 1.63. The van der Waals surface area contributed by atoms with Gasteiger partial charge in [-0.1, -0.05) is 63.4 Å². The average molecular weight is 395 g/mol. The van der Waals surface area contributed by atoms with Gasteiger partial charge >= 0.3 is 0 Å². The van der Waals surface area contributed by atoms with E-state index in [2.05, 4.69) is 57.8 Å². The maximum absolute atomic E-state index is 13.2. The van der Waals surface area contributed by atoms with Crippen molar-refractivity contribution in [3.05, 3.63) is 48.0 Å².